The summed E-state index contributed by atoms with van der Waals surface area (Å²) in [5.74, 6) is 2.54. The largest absolute Gasteiger partial charge is 0.493 e. The van der Waals surface area contributed by atoms with Crippen LogP contribution in [0.3, 0.4) is 0 Å². The highest BCUT2D eigenvalue weighted by atomic mass is 79.9. The molecule has 0 atom stereocenters. The van der Waals surface area contributed by atoms with Crippen LogP contribution in [0.5, 0.6) is 11.5 Å². The molecular weight excluding hydrogens is 320 g/mol. The molecule has 2 aromatic rings. The highest BCUT2D eigenvalue weighted by Crippen LogP contribution is 2.28. The minimum atomic E-state index is 0.758. The molecule has 0 saturated carbocycles. The number of rotatable bonds is 5. The van der Waals surface area contributed by atoms with E-state index < -0.39 is 0 Å². The summed E-state index contributed by atoms with van der Waals surface area (Å²) in [5.41, 5.74) is 2.42. The molecule has 0 bridgehead atoms. The minimum absolute atomic E-state index is 0.758. The Morgan fingerprint density at radius 1 is 1.15 bits per heavy atom. The summed E-state index contributed by atoms with van der Waals surface area (Å²) in [7, 11) is 5.34. The van der Waals surface area contributed by atoms with Crippen LogP contribution in [0.1, 0.15) is 17.1 Å². The van der Waals surface area contributed by atoms with Crippen molar-refractivity contribution in [2.75, 3.05) is 14.2 Å². The second-order valence-electron chi connectivity index (χ2n) is 4.64. The number of benzene rings is 1. The van der Waals surface area contributed by atoms with Gasteiger partial charge in [0.15, 0.2) is 11.5 Å². The maximum absolute atomic E-state index is 5.33. The third kappa shape index (κ3) is 2.98. The van der Waals surface area contributed by atoms with Crippen molar-refractivity contribution in [3.05, 3.63) is 39.9 Å². The Kier molecular flexibility index (Phi) is 4.70. The fourth-order valence-corrected chi connectivity index (χ4v) is 2.91. The molecule has 0 spiro atoms. The minimum Gasteiger partial charge on any atom is -0.493 e. The van der Waals surface area contributed by atoms with Crippen molar-refractivity contribution in [1.82, 2.24) is 9.55 Å². The van der Waals surface area contributed by atoms with Gasteiger partial charge >= 0.3 is 0 Å². The number of imidazole rings is 1. The number of ether oxygens (including phenoxy) is 2. The first-order valence-corrected chi connectivity index (χ1v) is 7.24. The third-order valence-electron chi connectivity index (χ3n) is 3.49. The lowest BCUT2D eigenvalue weighted by molar-refractivity contribution is 0.354. The smallest absolute Gasteiger partial charge is 0.160 e. The maximum Gasteiger partial charge on any atom is 0.160 e. The van der Waals surface area contributed by atoms with Gasteiger partial charge in [0.2, 0.25) is 0 Å². The number of hydrogen-bond donors (Lipinski definition) is 0. The second-order valence-corrected chi connectivity index (χ2v) is 5.40. The molecule has 1 aromatic heterocycles. The van der Waals surface area contributed by atoms with Crippen LogP contribution in [0.2, 0.25) is 0 Å². The van der Waals surface area contributed by atoms with Gasteiger partial charge in [0.05, 0.1) is 19.9 Å². The average Bonchev–Trinajstić information content (AvgIpc) is 2.70. The second kappa shape index (κ2) is 6.31. The molecule has 0 aliphatic rings. The van der Waals surface area contributed by atoms with E-state index in [2.05, 4.69) is 31.5 Å². The van der Waals surface area contributed by atoms with Crippen LogP contribution in [0.25, 0.3) is 0 Å². The highest BCUT2D eigenvalue weighted by Gasteiger charge is 2.11. The lowest BCUT2D eigenvalue weighted by Gasteiger charge is -2.10. The van der Waals surface area contributed by atoms with E-state index in [0.717, 1.165) is 34.8 Å². The van der Waals surface area contributed by atoms with Crippen LogP contribution in [0.15, 0.2) is 22.8 Å². The van der Waals surface area contributed by atoms with Crippen LogP contribution in [-0.4, -0.2) is 23.8 Å². The predicted octanol–water partition coefficient (Wildman–Crippen LogP) is 3.29. The molecule has 0 N–H and O–H groups in total. The lowest BCUT2D eigenvalue weighted by atomic mass is 10.1. The first-order valence-electron chi connectivity index (χ1n) is 6.45. The Labute approximate surface area is 127 Å². The van der Waals surface area contributed by atoms with Gasteiger partial charge in [-0.25, -0.2) is 4.98 Å². The zero-order valence-electron chi connectivity index (χ0n) is 12.2. The Bertz CT molecular complexity index is 608. The van der Waals surface area contributed by atoms with Gasteiger partial charge < -0.3 is 14.0 Å². The van der Waals surface area contributed by atoms with Crippen molar-refractivity contribution in [3.63, 3.8) is 0 Å². The molecule has 1 heterocycles. The van der Waals surface area contributed by atoms with Gasteiger partial charge in [-0.1, -0.05) is 6.07 Å². The summed E-state index contributed by atoms with van der Waals surface area (Å²) in [4.78, 5) is 4.42. The van der Waals surface area contributed by atoms with Crippen molar-refractivity contribution in [1.29, 1.82) is 0 Å². The van der Waals surface area contributed by atoms with Gasteiger partial charge in [0, 0.05) is 7.05 Å². The topological polar surface area (TPSA) is 36.3 Å². The normalized spacial score (nSPS) is 10.7. The number of methoxy groups -OCH3 is 2. The summed E-state index contributed by atoms with van der Waals surface area (Å²) >= 11 is 3.52. The van der Waals surface area contributed by atoms with E-state index in [-0.39, 0.29) is 0 Å². The Morgan fingerprint density at radius 2 is 1.85 bits per heavy atom. The van der Waals surface area contributed by atoms with E-state index in [0.29, 0.717) is 0 Å². The van der Waals surface area contributed by atoms with Crippen molar-refractivity contribution >= 4 is 15.9 Å². The predicted molar refractivity (Wildman–Crippen MR) is 82.6 cm³/mol. The lowest BCUT2D eigenvalue weighted by Crippen LogP contribution is -2.01. The van der Waals surface area contributed by atoms with Gasteiger partial charge in [0.1, 0.15) is 10.4 Å². The SMILES string of the molecule is COc1ccc(CCc2c(Br)nc(C)n2C)cc1OC. The molecule has 4 nitrogen and oxygen atoms in total. The van der Waals surface area contributed by atoms with Crippen molar-refractivity contribution in [2.45, 2.75) is 19.8 Å². The monoisotopic (exact) mass is 338 g/mol. The number of aromatic nitrogens is 2. The first kappa shape index (κ1) is 14.9. The third-order valence-corrected chi connectivity index (χ3v) is 4.12. The molecule has 5 heteroatoms. The van der Waals surface area contributed by atoms with Crippen molar-refractivity contribution < 1.29 is 9.47 Å². The Balaban J connectivity index is 2.15. The summed E-state index contributed by atoms with van der Waals surface area (Å²) in [6.07, 6.45) is 1.85. The molecule has 108 valence electrons. The maximum atomic E-state index is 5.33. The Morgan fingerprint density at radius 3 is 2.40 bits per heavy atom. The van der Waals surface area contributed by atoms with E-state index in [1.165, 1.54) is 11.3 Å². The summed E-state index contributed by atoms with van der Waals surface area (Å²) in [5, 5.41) is 0. The van der Waals surface area contributed by atoms with E-state index in [1.54, 1.807) is 14.2 Å². The fourth-order valence-electron chi connectivity index (χ4n) is 2.19. The number of nitrogens with zero attached hydrogens (tertiary/aromatic N) is 2. The van der Waals surface area contributed by atoms with E-state index in [9.17, 15) is 0 Å². The zero-order valence-corrected chi connectivity index (χ0v) is 13.8. The first-order chi connectivity index (χ1) is 9.56. The van der Waals surface area contributed by atoms with Crippen molar-refractivity contribution in [3.8, 4) is 11.5 Å². The molecule has 0 aliphatic carbocycles. The van der Waals surface area contributed by atoms with Gasteiger partial charge in [-0.15, -0.1) is 0 Å². The molecule has 0 fully saturated rings. The quantitative estimate of drug-likeness (QED) is 0.839. The summed E-state index contributed by atoms with van der Waals surface area (Å²) in [6.45, 7) is 2.00. The van der Waals surface area contributed by atoms with Crippen LogP contribution in [0.4, 0.5) is 0 Å². The number of halogens is 1. The number of aryl methyl sites for hydroxylation is 2. The molecule has 0 amide bonds. The molecule has 1 aromatic carbocycles. The molecule has 0 aliphatic heterocycles. The molecule has 0 radical (unpaired) electrons. The highest BCUT2D eigenvalue weighted by molar-refractivity contribution is 9.10. The Hall–Kier alpha value is -1.49. The van der Waals surface area contributed by atoms with Gasteiger partial charge in [-0.3, -0.25) is 0 Å². The molecular formula is C15H19BrN2O2. The van der Waals surface area contributed by atoms with Crippen LogP contribution < -0.4 is 9.47 Å². The summed E-state index contributed by atoms with van der Waals surface area (Å²) < 4.78 is 13.6. The van der Waals surface area contributed by atoms with E-state index >= 15 is 0 Å². The number of hydrogen-bond acceptors (Lipinski definition) is 3. The standard InChI is InChI=1S/C15H19BrN2O2/c1-10-17-15(16)12(18(10)2)7-5-11-6-8-13(19-3)14(9-11)20-4/h6,8-9H,5,7H2,1-4H3. The van der Waals surface area contributed by atoms with Gasteiger partial charge in [-0.2, -0.15) is 0 Å². The van der Waals surface area contributed by atoms with E-state index in [1.807, 2.05) is 26.1 Å². The van der Waals surface area contributed by atoms with Crippen LogP contribution in [0, 0.1) is 6.92 Å². The molecule has 0 saturated heterocycles. The van der Waals surface area contributed by atoms with Gasteiger partial charge in [0.25, 0.3) is 0 Å². The van der Waals surface area contributed by atoms with E-state index in [4.69, 9.17) is 9.47 Å². The average molecular weight is 339 g/mol. The van der Waals surface area contributed by atoms with Crippen LogP contribution in [-0.2, 0) is 19.9 Å². The summed E-state index contributed by atoms with van der Waals surface area (Å²) in [6, 6.07) is 6.03. The zero-order chi connectivity index (χ0) is 14.7. The van der Waals surface area contributed by atoms with Gasteiger partial charge in [-0.05, 0) is 53.4 Å². The molecule has 20 heavy (non-hydrogen) atoms. The molecule has 0 unspecified atom stereocenters. The van der Waals surface area contributed by atoms with Crippen molar-refractivity contribution in [2.24, 2.45) is 7.05 Å². The fraction of sp³-hybridized carbons (Fsp3) is 0.400. The molecule has 2 rings (SSSR count). The van der Waals surface area contributed by atoms with Crippen LogP contribution >= 0.6 is 15.9 Å².